The Bertz CT molecular complexity index is 391. The third-order valence-corrected chi connectivity index (χ3v) is 1.42. The molecule has 0 N–H and O–H groups in total. The van der Waals surface area contributed by atoms with Gasteiger partial charge in [0.1, 0.15) is 0 Å². The van der Waals surface area contributed by atoms with Crippen molar-refractivity contribution >= 4 is 5.78 Å². The molecule has 2 heterocycles. The highest BCUT2D eigenvalue weighted by molar-refractivity contribution is 5.24. The Morgan fingerprint density at radius 3 is 2.91 bits per heavy atom. The highest BCUT2D eigenvalue weighted by Crippen LogP contribution is 1.96. The normalized spacial score (nSPS) is 10.7. The predicted molar refractivity (Wildman–Crippen MR) is 38.1 cm³/mol. The summed E-state index contributed by atoms with van der Waals surface area (Å²) in [6.07, 6.45) is 1.68. The quantitative estimate of drug-likeness (QED) is 0.534. The van der Waals surface area contributed by atoms with Gasteiger partial charge in [0.2, 0.25) is 0 Å². The molecule has 0 bridgehead atoms. The summed E-state index contributed by atoms with van der Waals surface area (Å²) in [4.78, 5) is 4.12. The van der Waals surface area contributed by atoms with Crippen molar-refractivity contribution < 1.29 is 0 Å². The van der Waals surface area contributed by atoms with Crippen molar-refractivity contribution in [1.29, 1.82) is 0 Å². The molecule has 0 atom stereocenters. The van der Waals surface area contributed by atoms with Gasteiger partial charge in [0.15, 0.2) is 5.82 Å². The first-order valence-corrected chi connectivity index (χ1v) is 3.29. The minimum atomic E-state index is 0.558. The van der Waals surface area contributed by atoms with Crippen molar-refractivity contribution in [3.05, 3.63) is 17.7 Å². The molecule has 5 heteroatoms. The summed E-state index contributed by atoms with van der Waals surface area (Å²) < 4.78 is 1.60. The molecular weight excluding hydrogens is 142 g/mol. The summed E-state index contributed by atoms with van der Waals surface area (Å²) in [5.41, 5.74) is 0.852. The fourth-order valence-electron chi connectivity index (χ4n) is 0.879. The lowest BCUT2D eigenvalue weighted by Gasteiger charge is -1.91. The van der Waals surface area contributed by atoms with Gasteiger partial charge in [-0.3, -0.25) is 0 Å². The lowest BCUT2D eigenvalue weighted by atomic mass is 10.5. The van der Waals surface area contributed by atoms with Gasteiger partial charge in [-0.2, -0.15) is 9.61 Å². The van der Waals surface area contributed by atoms with E-state index in [1.807, 2.05) is 13.8 Å². The molecule has 0 amide bonds. The molecule has 2 aromatic rings. The zero-order chi connectivity index (χ0) is 7.84. The van der Waals surface area contributed by atoms with Gasteiger partial charge in [-0.1, -0.05) is 0 Å². The first kappa shape index (κ1) is 6.21. The molecular formula is C6H7N5. The third-order valence-electron chi connectivity index (χ3n) is 1.42. The van der Waals surface area contributed by atoms with Crippen molar-refractivity contribution in [2.45, 2.75) is 13.8 Å². The fourth-order valence-corrected chi connectivity index (χ4v) is 0.879. The second-order valence-electron chi connectivity index (χ2n) is 2.36. The molecule has 0 aliphatic carbocycles. The highest BCUT2D eigenvalue weighted by atomic mass is 15.4. The van der Waals surface area contributed by atoms with Gasteiger partial charge in [0, 0.05) is 0 Å². The Labute approximate surface area is 63.1 Å². The van der Waals surface area contributed by atoms with Crippen LogP contribution >= 0.6 is 0 Å². The molecule has 0 saturated carbocycles. The maximum atomic E-state index is 4.12. The number of aryl methyl sites for hydroxylation is 2. The lowest BCUT2D eigenvalue weighted by molar-refractivity contribution is 0.846. The van der Waals surface area contributed by atoms with E-state index in [0.717, 1.165) is 11.5 Å². The van der Waals surface area contributed by atoms with Crippen LogP contribution in [-0.4, -0.2) is 24.8 Å². The summed E-state index contributed by atoms with van der Waals surface area (Å²) >= 11 is 0. The third kappa shape index (κ3) is 0.849. The summed E-state index contributed by atoms with van der Waals surface area (Å²) in [5, 5.41) is 11.7. The Morgan fingerprint density at radius 1 is 1.27 bits per heavy atom. The van der Waals surface area contributed by atoms with Crippen LogP contribution in [0.15, 0.2) is 6.20 Å². The number of aromatic nitrogens is 5. The summed E-state index contributed by atoms with van der Waals surface area (Å²) in [7, 11) is 0. The van der Waals surface area contributed by atoms with Crippen molar-refractivity contribution in [3.8, 4) is 0 Å². The molecule has 0 spiro atoms. The highest BCUT2D eigenvalue weighted by Gasteiger charge is 2.01. The average Bonchev–Trinajstić information content (AvgIpc) is 2.32. The van der Waals surface area contributed by atoms with Crippen LogP contribution in [0.4, 0.5) is 0 Å². The van der Waals surface area contributed by atoms with Crippen LogP contribution in [0, 0.1) is 13.8 Å². The molecule has 56 valence electrons. The Balaban J connectivity index is 2.86. The number of rotatable bonds is 0. The van der Waals surface area contributed by atoms with Crippen LogP contribution in [0.5, 0.6) is 0 Å². The van der Waals surface area contributed by atoms with Gasteiger partial charge < -0.3 is 0 Å². The monoisotopic (exact) mass is 149 g/mol. The van der Waals surface area contributed by atoms with Gasteiger partial charge in [0.25, 0.3) is 5.78 Å². The van der Waals surface area contributed by atoms with Crippen LogP contribution in [0.3, 0.4) is 0 Å². The van der Waals surface area contributed by atoms with E-state index < -0.39 is 0 Å². The smallest absolute Gasteiger partial charge is 0.213 e. The molecule has 0 radical (unpaired) electrons. The molecule has 2 rings (SSSR count). The number of hydrogen-bond donors (Lipinski definition) is 0. The average molecular weight is 149 g/mol. The predicted octanol–water partition coefficient (Wildman–Crippen LogP) is 0.136. The largest absolute Gasteiger partial charge is 0.272 e. The van der Waals surface area contributed by atoms with E-state index in [4.69, 9.17) is 0 Å². The second kappa shape index (κ2) is 1.98. The molecule has 2 aromatic heterocycles. The van der Waals surface area contributed by atoms with Crippen LogP contribution in [-0.2, 0) is 0 Å². The zero-order valence-electron chi connectivity index (χ0n) is 6.31. The van der Waals surface area contributed by atoms with Crippen LogP contribution in [0.2, 0.25) is 0 Å². The fraction of sp³-hybridized carbons (Fsp3) is 0.333. The van der Waals surface area contributed by atoms with Crippen molar-refractivity contribution in [2.75, 3.05) is 0 Å². The number of hydrogen-bond acceptors (Lipinski definition) is 4. The second-order valence-corrected chi connectivity index (χ2v) is 2.36. The minimum absolute atomic E-state index is 0.558. The molecule has 0 saturated heterocycles. The van der Waals surface area contributed by atoms with Crippen LogP contribution in [0.25, 0.3) is 5.78 Å². The van der Waals surface area contributed by atoms with E-state index >= 15 is 0 Å². The number of fused-ring (bicyclic) bond motifs is 1. The van der Waals surface area contributed by atoms with Crippen LogP contribution < -0.4 is 0 Å². The molecule has 0 aromatic carbocycles. The molecule has 0 unspecified atom stereocenters. The molecule has 0 aliphatic rings. The van der Waals surface area contributed by atoms with Gasteiger partial charge in [-0.25, -0.2) is 4.98 Å². The summed E-state index contributed by atoms with van der Waals surface area (Å²) in [5.74, 6) is 1.31. The summed E-state index contributed by atoms with van der Waals surface area (Å²) in [6.45, 7) is 3.71. The van der Waals surface area contributed by atoms with Crippen LogP contribution in [0.1, 0.15) is 11.5 Å². The lowest BCUT2D eigenvalue weighted by Crippen LogP contribution is -1.97. The Hall–Kier alpha value is -1.52. The molecule has 0 aliphatic heterocycles. The SMILES string of the molecule is Cc1cnn2c(C)nnc2n1. The van der Waals surface area contributed by atoms with E-state index in [0.29, 0.717) is 5.78 Å². The first-order chi connectivity index (χ1) is 5.27. The van der Waals surface area contributed by atoms with E-state index in [1.54, 1.807) is 10.7 Å². The van der Waals surface area contributed by atoms with Gasteiger partial charge in [-0.15, -0.1) is 10.2 Å². The standard InChI is InChI=1S/C6H7N5/c1-4-3-7-11-5(2)9-10-6(11)8-4/h3H,1-2H3. The van der Waals surface area contributed by atoms with E-state index in [2.05, 4.69) is 20.3 Å². The zero-order valence-corrected chi connectivity index (χ0v) is 6.31. The number of nitrogens with zero attached hydrogens (tertiary/aromatic N) is 5. The van der Waals surface area contributed by atoms with Crippen molar-refractivity contribution in [3.63, 3.8) is 0 Å². The minimum Gasteiger partial charge on any atom is -0.213 e. The summed E-state index contributed by atoms with van der Waals surface area (Å²) in [6, 6.07) is 0. The van der Waals surface area contributed by atoms with Gasteiger partial charge in [-0.05, 0) is 13.8 Å². The topological polar surface area (TPSA) is 56.0 Å². The Morgan fingerprint density at radius 2 is 2.09 bits per heavy atom. The maximum absolute atomic E-state index is 4.12. The Kier molecular flexibility index (Phi) is 1.12. The van der Waals surface area contributed by atoms with Gasteiger partial charge >= 0.3 is 0 Å². The first-order valence-electron chi connectivity index (χ1n) is 3.29. The molecule has 0 fully saturated rings. The van der Waals surface area contributed by atoms with Crippen molar-refractivity contribution in [2.24, 2.45) is 0 Å². The van der Waals surface area contributed by atoms with E-state index in [-0.39, 0.29) is 0 Å². The van der Waals surface area contributed by atoms with E-state index in [9.17, 15) is 0 Å². The maximum Gasteiger partial charge on any atom is 0.272 e. The van der Waals surface area contributed by atoms with E-state index in [1.165, 1.54) is 0 Å². The molecule has 11 heavy (non-hydrogen) atoms. The molecule has 5 nitrogen and oxygen atoms in total. The van der Waals surface area contributed by atoms with Gasteiger partial charge in [0.05, 0.1) is 11.9 Å². The van der Waals surface area contributed by atoms with Crippen molar-refractivity contribution in [1.82, 2.24) is 24.8 Å².